The Bertz CT molecular complexity index is 513. The molecular formula is C17H24N2O2. The molecule has 2 rings (SSSR count). The zero-order valence-electron chi connectivity index (χ0n) is 13.1. The fraction of sp³-hybridized carbons (Fsp3) is 0.529. The van der Waals surface area contributed by atoms with Crippen LogP contribution < -0.4 is 0 Å². The summed E-state index contributed by atoms with van der Waals surface area (Å²) in [6.07, 6.45) is 2.14. The molecule has 21 heavy (non-hydrogen) atoms. The second-order valence-electron chi connectivity index (χ2n) is 6.34. The number of carbonyl (C=O) groups is 2. The third kappa shape index (κ3) is 3.63. The first-order valence-electron chi connectivity index (χ1n) is 7.46. The highest BCUT2D eigenvalue weighted by Gasteiger charge is 2.39. The number of carbonyl (C=O) groups excluding carboxylic acids is 2. The van der Waals surface area contributed by atoms with Crippen LogP contribution in [0, 0.1) is 5.41 Å². The number of piperidine rings is 1. The lowest BCUT2D eigenvalue weighted by molar-refractivity contribution is -0.145. The Balaban J connectivity index is 2.04. The minimum atomic E-state index is -0.450. The first kappa shape index (κ1) is 15.5. The Morgan fingerprint density at radius 2 is 1.90 bits per heavy atom. The molecule has 1 aromatic carbocycles. The number of benzene rings is 1. The van der Waals surface area contributed by atoms with Crippen LogP contribution in [0.3, 0.4) is 0 Å². The zero-order valence-corrected chi connectivity index (χ0v) is 13.1. The van der Waals surface area contributed by atoms with E-state index in [1.54, 1.807) is 19.0 Å². The van der Waals surface area contributed by atoms with Gasteiger partial charge in [0.25, 0.3) is 0 Å². The normalized spacial score (nSPS) is 22.0. The molecule has 114 valence electrons. The molecule has 0 aliphatic carbocycles. The Hall–Kier alpha value is -1.84. The van der Waals surface area contributed by atoms with Gasteiger partial charge in [0.15, 0.2) is 0 Å². The molecule has 1 aliphatic heterocycles. The van der Waals surface area contributed by atoms with Gasteiger partial charge in [0.1, 0.15) is 0 Å². The minimum Gasteiger partial charge on any atom is -0.348 e. The van der Waals surface area contributed by atoms with Crippen molar-refractivity contribution in [2.75, 3.05) is 27.2 Å². The quantitative estimate of drug-likeness (QED) is 0.853. The van der Waals surface area contributed by atoms with Gasteiger partial charge in [-0.3, -0.25) is 9.59 Å². The molecule has 0 radical (unpaired) electrons. The van der Waals surface area contributed by atoms with Crippen LogP contribution in [0.25, 0.3) is 0 Å². The molecule has 1 aliphatic rings. The van der Waals surface area contributed by atoms with Crippen LogP contribution in [0.4, 0.5) is 0 Å². The van der Waals surface area contributed by atoms with Gasteiger partial charge < -0.3 is 9.80 Å². The van der Waals surface area contributed by atoms with E-state index in [4.69, 9.17) is 0 Å². The van der Waals surface area contributed by atoms with E-state index < -0.39 is 5.41 Å². The van der Waals surface area contributed by atoms with Gasteiger partial charge in [-0.1, -0.05) is 30.3 Å². The molecule has 0 unspecified atom stereocenters. The second-order valence-corrected chi connectivity index (χ2v) is 6.34. The molecule has 4 nitrogen and oxygen atoms in total. The van der Waals surface area contributed by atoms with E-state index in [1.165, 1.54) is 0 Å². The van der Waals surface area contributed by atoms with Gasteiger partial charge in [0.05, 0.1) is 11.8 Å². The van der Waals surface area contributed by atoms with Crippen LogP contribution in [0.1, 0.15) is 25.3 Å². The lowest BCUT2D eigenvalue weighted by atomic mass is 9.80. The van der Waals surface area contributed by atoms with Crippen molar-refractivity contribution in [1.29, 1.82) is 0 Å². The van der Waals surface area contributed by atoms with Gasteiger partial charge in [0.2, 0.25) is 11.8 Å². The predicted molar refractivity (Wildman–Crippen MR) is 82.8 cm³/mol. The number of rotatable bonds is 3. The summed E-state index contributed by atoms with van der Waals surface area (Å²) in [5.41, 5.74) is 0.572. The van der Waals surface area contributed by atoms with Crippen molar-refractivity contribution in [3.63, 3.8) is 0 Å². The van der Waals surface area contributed by atoms with E-state index in [0.29, 0.717) is 13.0 Å². The van der Waals surface area contributed by atoms with E-state index in [0.717, 1.165) is 24.9 Å². The van der Waals surface area contributed by atoms with Gasteiger partial charge >= 0.3 is 0 Å². The maximum absolute atomic E-state index is 12.4. The molecule has 1 fully saturated rings. The van der Waals surface area contributed by atoms with Crippen LogP contribution in [-0.4, -0.2) is 48.8 Å². The molecule has 4 heteroatoms. The fourth-order valence-electron chi connectivity index (χ4n) is 3.05. The summed E-state index contributed by atoms with van der Waals surface area (Å²) in [5, 5.41) is 0. The SMILES string of the molecule is CN(C)C(=O)[C@]1(C)CCCN(C(=O)Cc2ccccc2)C1. The molecule has 0 aromatic heterocycles. The predicted octanol–water partition coefficient (Wildman–Crippen LogP) is 1.95. The number of hydrogen-bond donors (Lipinski definition) is 0. The summed E-state index contributed by atoms with van der Waals surface area (Å²) < 4.78 is 0. The summed E-state index contributed by atoms with van der Waals surface area (Å²) in [6, 6.07) is 9.76. The molecule has 1 aromatic rings. The topological polar surface area (TPSA) is 40.6 Å². The third-order valence-corrected chi connectivity index (χ3v) is 4.17. The Labute approximate surface area is 126 Å². The molecular weight excluding hydrogens is 264 g/mol. The average Bonchev–Trinajstić information content (AvgIpc) is 2.47. The molecule has 0 spiro atoms. The van der Waals surface area contributed by atoms with Crippen LogP contribution in [-0.2, 0) is 16.0 Å². The Morgan fingerprint density at radius 1 is 1.24 bits per heavy atom. The van der Waals surface area contributed by atoms with E-state index in [2.05, 4.69) is 0 Å². The van der Waals surface area contributed by atoms with Crippen LogP contribution in [0.2, 0.25) is 0 Å². The van der Waals surface area contributed by atoms with Gasteiger partial charge in [-0.2, -0.15) is 0 Å². The monoisotopic (exact) mass is 288 g/mol. The fourth-order valence-corrected chi connectivity index (χ4v) is 3.05. The first-order chi connectivity index (χ1) is 9.92. The van der Waals surface area contributed by atoms with Crippen molar-refractivity contribution in [3.05, 3.63) is 35.9 Å². The molecule has 1 atom stereocenters. The summed E-state index contributed by atoms with van der Waals surface area (Å²) in [7, 11) is 3.55. The lowest BCUT2D eigenvalue weighted by Gasteiger charge is -2.40. The highest BCUT2D eigenvalue weighted by atomic mass is 16.2. The van der Waals surface area contributed by atoms with Crippen molar-refractivity contribution in [3.8, 4) is 0 Å². The van der Waals surface area contributed by atoms with Crippen LogP contribution in [0.15, 0.2) is 30.3 Å². The highest BCUT2D eigenvalue weighted by molar-refractivity contribution is 5.84. The molecule has 0 bridgehead atoms. The molecule has 0 N–H and O–H groups in total. The maximum atomic E-state index is 12.4. The van der Waals surface area contributed by atoms with E-state index in [1.807, 2.05) is 42.2 Å². The zero-order chi connectivity index (χ0) is 15.5. The van der Waals surface area contributed by atoms with E-state index in [9.17, 15) is 9.59 Å². The lowest BCUT2D eigenvalue weighted by Crippen LogP contribution is -2.51. The second kappa shape index (κ2) is 6.29. The number of amides is 2. The smallest absolute Gasteiger partial charge is 0.229 e. The van der Waals surface area contributed by atoms with Gasteiger partial charge in [-0.25, -0.2) is 0 Å². The van der Waals surface area contributed by atoms with Gasteiger partial charge in [-0.05, 0) is 25.3 Å². The Kier molecular flexibility index (Phi) is 4.66. The van der Waals surface area contributed by atoms with Crippen molar-refractivity contribution in [2.45, 2.75) is 26.2 Å². The van der Waals surface area contributed by atoms with Crippen molar-refractivity contribution < 1.29 is 9.59 Å². The third-order valence-electron chi connectivity index (χ3n) is 4.17. The van der Waals surface area contributed by atoms with Crippen molar-refractivity contribution in [2.24, 2.45) is 5.41 Å². The van der Waals surface area contributed by atoms with Crippen LogP contribution >= 0.6 is 0 Å². The largest absolute Gasteiger partial charge is 0.348 e. The number of likely N-dealkylation sites (tertiary alicyclic amines) is 1. The first-order valence-corrected chi connectivity index (χ1v) is 7.46. The average molecular weight is 288 g/mol. The van der Waals surface area contributed by atoms with Gasteiger partial charge in [-0.15, -0.1) is 0 Å². The number of hydrogen-bond acceptors (Lipinski definition) is 2. The van der Waals surface area contributed by atoms with E-state index in [-0.39, 0.29) is 11.8 Å². The molecule has 1 saturated heterocycles. The summed E-state index contributed by atoms with van der Waals surface area (Å²) in [5.74, 6) is 0.221. The minimum absolute atomic E-state index is 0.110. The number of nitrogens with zero attached hydrogens (tertiary/aromatic N) is 2. The standard InChI is InChI=1S/C17H24N2O2/c1-17(16(21)18(2)3)10-7-11-19(13-17)15(20)12-14-8-5-4-6-9-14/h4-6,8-9H,7,10-13H2,1-3H3/t17-/m1/s1. The molecule has 2 amide bonds. The summed E-state index contributed by atoms with van der Waals surface area (Å²) in [4.78, 5) is 28.3. The van der Waals surface area contributed by atoms with E-state index >= 15 is 0 Å². The Morgan fingerprint density at radius 3 is 2.52 bits per heavy atom. The summed E-state index contributed by atoms with van der Waals surface area (Å²) >= 11 is 0. The highest BCUT2D eigenvalue weighted by Crippen LogP contribution is 2.31. The van der Waals surface area contributed by atoms with Crippen molar-refractivity contribution in [1.82, 2.24) is 9.80 Å². The molecule has 1 heterocycles. The van der Waals surface area contributed by atoms with Crippen molar-refractivity contribution >= 4 is 11.8 Å². The van der Waals surface area contributed by atoms with Crippen LogP contribution in [0.5, 0.6) is 0 Å². The maximum Gasteiger partial charge on any atom is 0.229 e. The molecule has 0 saturated carbocycles. The van der Waals surface area contributed by atoms with Gasteiger partial charge in [0, 0.05) is 27.2 Å². The summed E-state index contributed by atoms with van der Waals surface area (Å²) in [6.45, 7) is 3.24.